The van der Waals surface area contributed by atoms with Crippen LogP contribution in [0.1, 0.15) is 13.3 Å². The molecule has 1 aromatic heterocycles. The summed E-state index contributed by atoms with van der Waals surface area (Å²) in [7, 11) is 0. The molecule has 1 heterocycles. The number of hydrogen-bond donors (Lipinski definition) is 1. The number of benzene rings is 1. The number of carboxylic acids is 1. The van der Waals surface area contributed by atoms with Gasteiger partial charge in [0.2, 0.25) is 0 Å². The van der Waals surface area contributed by atoms with Crippen LogP contribution in [0.5, 0.6) is 5.75 Å². The lowest BCUT2D eigenvalue weighted by Crippen LogP contribution is -2.26. The maximum Gasteiger partial charge on any atom is 0.344 e. The van der Waals surface area contributed by atoms with E-state index in [0.29, 0.717) is 22.2 Å². The van der Waals surface area contributed by atoms with E-state index in [1.54, 1.807) is 13.1 Å². The van der Waals surface area contributed by atoms with Gasteiger partial charge in [0, 0.05) is 16.1 Å². The summed E-state index contributed by atoms with van der Waals surface area (Å²) in [6.45, 7) is 1.77. The first kappa shape index (κ1) is 14.3. The van der Waals surface area contributed by atoms with Gasteiger partial charge in [-0.1, -0.05) is 28.9 Å². The fourth-order valence-corrected chi connectivity index (χ4v) is 3.08. The first-order chi connectivity index (χ1) is 9.04. The summed E-state index contributed by atoms with van der Waals surface area (Å²) < 4.78 is 7.14. The van der Waals surface area contributed by atoms with Crippen molar-refractivity contribution in [2.75, 3.05) is 0 Å². The highest BCUT2D eigenvalue weighted by molar-refractivity contribution is 9.11. The standard InChI is InChI=1S/C13H11Br2NO3/c1-2-10(13(17)18)19-12-9(15)6-8(14)7-4-3-5-16-11(7)12/h3-6,10H,2H2,1H3,(H,17,18). The van der Waals surface area contributed by atoms with Crippen molar-refractivity contribution in [2.45, 2.75) is 19.4 Å². The Morgan fingerprint density at radius 2 is 2.21 bits per heavy atom. The normalized spacial score (nSPS) is 12.4. The van der Waals surface area contributed by atoms with E-state index < -0.39 is 12.1 Å². The number of aliphatic carboxylic acids is 1. The molecule has 19 heavy (non-hydrogen) atoms. The summed E-state index contributed by atoms with van der Waals surface area (Å²) in [4.78, 5) is 15.4. The van der Waals surface area contributed by atoms with E-state index in [1.165, 1.54) is 0 Å². The number of halogens is 2. The molecular formula is C13H11Br2NO3. The molecule has 0 amide bonds. The molecule has 0 aliphatic rings. The van der Waals surface area contributed by atoms with Crippen molar-refractivity contribution in [3.8, 4) is 5.75 Å². The Hall–Kier alpha value is -1.14. The van der Waals surface area contributed by atoms with Crippen LogP contribution in [0.3, 0.4) is 0 Å². The monoisotopic (exact) mass is 387 g/mol. The van der Waals surface area contributed by atoms with Crippen LogP contribution < -0.4 is 4.74 Å². The fourth-order valence-electron chi connectivity index (χ4n) is 1.71. The first-order valence-corrected chi connectivity index (χ1v) is 7.25. The number of rotatable bonds is 4. The summed E-state index contributed by atoms with van der Waals surface area (Å²) in [6.07, 6.45) is 1.14. The second-order valence-corrected chi connectivity index (χ2v) is 5.63. The number of pyridine rings is 1. The molecule has 6 heteroatoms. The quantitative estimate of drug-likeness (QED) is 0.859. The van der Waals surface area contributed by atoms with Gasteiger partial charge in [-0.05, 0) is 34.5 Å². The zero-order valence-corrected chi connectivity index (χ0v) is 13.2. The van der Waals surface area contributed by atoms with E-state index in [-0.39, 0.29) is 0 Å². The van der Waals surface area contributed by atoms with Crippen molar-refractivity contribution >= 4 is 48.7 Å². The van der Waals surface area contributed by atoms with Crippen LogP contribution in [0, 0.1) is 0 Å². The molecule has 4 nitrogen and oxygen atoms in total. The average molecular weight is 389 g/mol. The number of carbonyl (C=O) groups is 1. The molecule has 0 aliphatic carbocycles. The van der Waals surface area contributed by atoms with Crippen molar-refractivity contribution in [2.24, 2.45) is 0 Å². The lowest BCUT2D eigenvalue weighted by atomic mass is 10.2. The summed E-state index contributed by atoms with van der Waals surface area (Å²) in [5.41, 5.74) is 0.628. The van der Waals surface area contributed by atoms with E-state index in [4.69, 9.17) is 9.84 Å². The van der Waals surface area contributed by atoms with Gasteiger partial charge in [0.25, 0.3) is 0 Å². The molecule has 0 saturated heterocycles. The number of fused-ring (bicyclic) bond motifs is 1. The van der Waals surface area contributed by atoms with Crippen molar-refractivity contribution in [1.29, 1.82) is 0 Å². The third-order valence-electron chi connectivity index (χ3n) is 2.66. The Bertz CT molecular complexity index is 631. The van der Waals surface area contributed by atoms with E-state index >= 15 is 0 Å². The van der Waals surface area contributed by atoms with E-state index in [9.17, 15) is 4.79 Å². The highest BCUT2D eigenvalue weighted by Gasteiger charge is 2.21. The second kappa shape index (κ2) is 5.88. The van der Waals surface area contributed by atoms with E-state index in [0.717, 1.165) is 9.86 Å². The third-order valence-corrected chi connectivity index (χ3v) is 3.90. The number of aromatic nitrogens is 1. The topological polar surface area (TPSA) is 59.4 Å². The van der Waals surface area contributed by atoms with Crippen molar-refractivity contribution in [3.63, 3.8) is 0 Å². The maximum absolute atomic E-state index is 11.1. The van der Waals surface area contributed by atoms with Gasteiger partial charge in [0.15, 0.2) is 11.9 Å². The van der Waals surface area contributed by atoms with Gasteiger partial charge in [-0.25, -0.2) is 4.79 Å². The zero-order valence-electron chi connectivity index (χ0n) is 10.1. The Morgan fingerprint density at radius 3 is 2.84 bits per heavy atom. The molecular weight excluding hydrogens is 378 g/mol. The van der Waals surface area contributed by atoms with Crippen LogP contribution in [0.2, 0.25) is 0 Å². The molecule has 0 fully saturated rings. The summed E-state index contributed by atoms with van der Waals surface area (Å²) in [5, 5.41) is 9.96. The van der Waals surface area contributed by atoms with Gasteiger partial charge in [-0.2, -0.15) is 0 Å². The Labute approximate surface area is 127 Å². The lowest BCUT2D eigenvalue weighted by Gasteiger charge is -2.16. The van der Waals surface area contributed by atoms with Crippen LogP contribution >= 0.6 is 31.9 Å². The Morgan fingerprint density at radius 1 is 1.47 bits per heavy atom. The molecule has 100 valence electrons. The molecule has 1 unspecified atom stereocenters. The molecule has 0 aliphatic heterocycles. The zero-order chi connectivity index (χ0) is 14.0. The smallest absolute Gasteiger partial charge is 0.344 e. The molecule has 0 saturated carbocycles. The van der Waals surface area contributed by atoms with E-state index in [2.05, 4.69) is 36.8 Å². The molecule has 2 rings (SSSR count). The van der Waals surface area contributed by atoms with Gasteiger partial charge in [-0.3, -0.25) is 4.98 Å². The molecule has 0 bridgehead atoms. The second-order valence-electron chi connectivity index (χ2n) is 3.92. The Balaban J connectivity index is 2.56. The summed E-state index contributed by atoms with van der Waals surface area (Å²) in [5.74, 6) is -0.533. The predicted octanol–water partition coefficient (Wildman–Crippen LogP) is 4.00. The SMILES string of the molecule is CCC(Oc1c(Br)cc(Br)c2cccnc12)C(=O)O. The predicted molar refractivity (Wildman–Crippen MR) is 79.5 cm³/mol. The van der Waals surface area contributed by atoms with Gasteiger partial charge in [0.1, 0.15) is 5.52 Å². The van der Waals surface area contributed by atoms with Crippen LogP contribution in [0.4, 0.5) is 0 Å². The fraction of sp³-hybridized carbons (Fsp3) is 0.231. The summed E-state index contributed by atoms with van der Waals surface area (Å²) >= 11 is 6.84. The summed E-state index contributed by atoms with van der Waals surface area (Å²) in [6, 6.07) is 5.54. The molecule has 2 aromatic rings. The molecule has 1 N–H and O–H groups in total. The van der Waals surface area contributed by atoms with Crippen LogP contribution in [0.25, 0.3) is 10.9 Å². The molecule has 1 aromatic carbocycles. The highest BCUT2D eigenvalue weighted by atomic mass is 79.9. The largest absolute Gasteiger partial charge is 0.479 e. The minimum Gasteiger partial charge on any atom is -0.479 e. The third kappa shape index (κ3) is 2.90. The van der Waals surface area contributed by atoms with Crippen LogP contribution in [0.15, 0.2) is 33.3 Å². The number of hydrogen-bond acceptors (Lipinski definition) is 3. The number of carboxylic acid groups (broad SMARTS) is 1. The Kier molecular flexibility index (Phi) is 4.42. The van der Waals surface area contributed by atoms with E-state index in [1.807, 2.05) is 18.2 Å². The lowest BCUT2D eigenvalue weighted by molar-refractivity contribution is -0.145. The van der Waals surface area contributed by atoms with Crippen LogP contribution in [-0.2, 0) is 4.79 Å². The maximum atomic E-state index is 11.1. The minimum atomic E-state index is -0.985. The van der Waals surface area contributed by atoms with Crippen molar-refractivity contribution in [3.05, 3.63) is 33.3 Å². The van der Waals surface area contributed by atoms with Crippen LogP contribution in [-0.4, -0.2) is 22.2 Å². The van der Waals surface area contributed by atoms with Gasteiger partial charge in [0.05, 0.1) is 4.47 Å². The number of ether oxygens (including phenoxy) is 1. The molecule has 0 spiro atoms. The average Bonchev–Trinajstić information content (AvgIpc) is 2.38. The molecule has 1 atom stereocenters. The van der Waals surface area contributed by atoms with Gasteiger partial charge >= 0.3 is 5.97 Å². The van der Waals surface area contributed by atoms with Crippen molar-refractivity contribution < 1.29 is 14.6 Å². The number of nitrogens with zero attached hydrogens (tertiary/aromatic N) is 1. The first-order valence-electron chi connectivity index (χ1n) is 5.66. The highest BCUT2D eigenvalue weighted by Crippen LogP contribution is 2.37. The minimum absolute atomic E-state index is 0.381. The van der Waals surface area contributed by atoms with Gasteiger partial charge in [-0.15, -0.1) is 0 Å². The van der Waals surface area contributed by atoms with Gasteiger partial charge < -0.3 is 9.84 Å². The molecule has 0 radical (unpaired) electrons. The van der Waals surface area contributed by atoms with Crippen molar-refractivity contribution in [1.82, 2.24) is 4.98 Å².